The minimum absolute atomic E-state index is 0. The Bertz CT molecular complexity index is 2340. The molecule has 4 nitrogen and oxygen atoms in total. The maximum Gasteiger partial charge on any atom is 0.216 e. The quantitative estimate of drug-likeness (QED) is 0.157. The number of nitrogens with zero attached hydrogens (tertiary/aromatic N) is 3. The Kier molecular flexibility index (Phi) is 11.0. The van der Waals surface area contributed by atoms with Gasteiger partial charge in [0.1, 0.15) is 0 Å². The number of pyridine rings is 3. The third-order valence-electron chi connectivity index (χ3n) is 8.95. The van der Waals surface area contributed by atoms with Crippen LogP contribution in [-0.2, 0) is 26.5 Å². The van der Waals surface area contributed by atoms with E-state index in [2.05, 4.69) is 112 Å². The van der Waals surface area contributed by atoms with Crippen molar-refractivity contribution in [3.05, 3.63) is 162 Å². The summed E-state index contributed by atoms with van der Waals surface area (Å²) in [5.41, 5.74) is 14.6. The van der Waals surface area contributed by atoms with Crippen LogP contribution in [0, 0.1) is 38.8 Å². The molecular weight excluding hydrogens is 803 g/mol. The zero-order valence-corrected chi connectivity index (χ0v) is 31.9. The van der Waals surface area contributed by atoms with Crippen LogP contribution in [0.1, 0.15) is 36.1 Å². The van der Waals surface area contributed by atoms with E-state index < -0.39 is 0 Å². The molecule has 0 unspecified atom stereocenters. The molecule has 0 aliphatic carbocycles. The van der Waals surface area contributed by atoms with Crippen LogP contribution in [0.25, 0.3) is 67.0 Å². The molecule has 8 aromatic rings. The summed E-state index contributed by atoms with van der Waals surface area (Å²) in [5.74, 6) is 0.591. The summed E-state index contributed by atoms with van der Waals surface area (Å²) >= 11 is 0. The van der Waals surface area contributed by atoms with E-state index in [1.807, 2.05) is 60.8 Å². The number of furan rings is 1. The van der Waals surface area contributed by atoms with E-state index in [0.29, 0.717) is 11.6 Å². The monoisotopic (exact) mass is 842 g/mol. The first-order valence-corrected chi connectivity index (χ1v) is 17.1. The summed E-state index contributed by atoms with van der Waals surface area (Å²) in [4.78, 5) is 14.0. The summed E-state index contributed by atoms with van der Waals surface area (Å²) in [7, 11) is 0. The van der Waals surface area contributed by atoms with Crippen molar-refractivity contribution in [2.24, 2.45) is 5.92 Å². The van der Waals surface area contributed by atoms with E-state index in [0.717, 1.165) is 56.5 Å². The topological polar surface area (TPSA) is 51.8 Å². The fourth-order valence-electron chi connectivity index (χ4n) is 6.57. The SMILES string of the molecule is Cc1cc(-c2[c-]ccc3c2oc2nc(-c4c(C)cc(-c5ccccc5)cc4C)ccc23)ncc1CC(C)C.[Ir].[c-]1ccccc1-c1ccccn1. The smallest absolute Gasteiger partial charge is 0.216 e. The van der Waals surface area contributed by atoms with Crippen molar-refractivity contribution >= 4 is 22.1 Å². The van der Waals surface area contributed by atoms with Gasteiger partial charge < -0.3 is 14.4 Å². The van der Waals surface area contributed by atoms with Crippen LogP contribution < -0.4 is 0 Å². The molecule has 4 aromatic heterocycles. The van der Waals surface area contributed by atoms with Crippen molar-refractivity contribution in [3.8, 4) is 44.9 Å². The number of hydrogen-bond acceptors (Lipinski definition) is 4. The van der Waals surface area contributed by atoms with Gasteiger partial charge in [-0.15, -0.1) is 54.1 Å². The molecule has 0 amide bonds. The van der Waals surface area contributed by atoms with E-state index in [1.165, 1.54) is 33.4 Å². The number of rotatable bonds is 6. The van der Waals surface area contributed by atoms with Crippen LogP contribution >= 0.6 is 0 Å². The normalized spacial score (nSPS) is 10.9. The number of benzene rings is 4. The van der Waals surface area contributed by atoms with Crippen LogP contribution in [0.5, 0.6) is 0 Å². The molecular formula is C46H39IrN3O-2. The molecule has 5 heteroatoms. The number of hydrogen-bond donors (Lipinski definition) is 0. The van der Waals surface area contributed by atoms with Gasteiger partial charge in [0.25, 0.3) is 0 Å². The summed E-state index contributed by atoms with van der Waals surface area (Å²) in [6, 6.07) is 45.6. The van der Waals surface area contributed by atoms with Gasteiger partial charge in [-0.25, -0.2) is 4.98 Å². The first-order valence-electron chi connectivity index (χ1n) is 17.1. The summed E-state index contributed by atoms with van der Waals surface area (Å²) in [6.07, 6.45) is 4.81. The molecule has 0 aliphatic rings. The molecule has 0 saturated carbocycles. The molecule has 0 fully saturated rings. The molecule has 0 aliphatic heterocycles. The molecule has 255 valence electrons. The van der Waals surface area contributed by atoms with Gasteiger partial charge in [-0.05, 0) is 90.5 Å². The third-order valence-corrected chi connectivity index (χ3v) is 8.95. The van der Waals surface area contributed by atoms with Crippen LogP contribution in [0.2, 0.25) is 0 Å². The van der Waals surface area contributed by atoms with Gasteiger partial charge in [0.05, 0.1) is 11.3 Å². The van der Waals surface area contributed by atoms with Gasteiger partial charge in [-0.2, -0.15) is 0 Å². The maximum atomic E-state index is 6.43. The molecule has 0 spiro atoms. The molecule has 4 aromatic carbocycles. The van der Waals surface area contributed by atoms with E-state index in [1.54, 1.807) is 6.20 Å². The zero-order valence-electron chi connectivity index (χ0n) is 29.5. The van der Waals surface area contributed by atoms with Crippen molar-refractivity contribution in [2.45, 2.75) is 41.0 Å². The fraction of sp³-hybridized carbons (Fsp3) is 0.152. The van der Waals surface area contributed by atoms with Gasteiger partial charge in [0.15, 0.2) is 0 Å². The van der Waals surface area contributed by atoms with Gasteiger partial charge in [-0.1, -0.05) is 91.0 Å². The Morgan fingerprint density at radius 1 is 0.647 bits per heavy atom. The van der Waals surface area contributed by atoms with Crippen LogP contribution in [0.15, 0.2) is 132 Å². The molecule has 4 heterocycles. The largest absolute Gasteiger partial charge is 0.486 e. The van der Waals surface area contributed by atoms with E-state index in [-0.39, 0.29) is 20.1 Å². The number of fused-ring (bicyclic) bond motifs is 3. The molecule has 0 atom stereocenters. The molecule has 8 rings (SSSR count). The Hall–Kier alpha value is -5.22. The van der Waals surface area contributed by atoms with E-state index >= 15 is 0 Å². The van der Waals surface area contributed by atoms with Crippen molar-refractivity contribution in [1.82, 2.24) is 15.0 Å². The second-order valence-electron chi connectivity index (χ2n) is 13.2. The van der Waals surface area contributed by atoms with Crippen LogP contribution in [0.4, 0.5) is 0 Å². The molecule has 1 radical (unpaired) electrons. The van der Waals surface area contributed by atoms with E-state index in [4.69, 9.17) is 14.4 Å². The minimum atomic E-state index is 0. The summed E-state index contributed by atoms with van der Waals surface area (Å²) in [5, 5.41) is 2.04. The summed E-state index contributed by atoms with van der Waals surface area (Å²) < 4.78 is 6.43. The molecule has 0 N–H and O–H groups in total. The van der Waals surface area contributed by atoms with Gasteiger partial charge in [0, 0.05) is 43.4 Å². The average Bonchev–Trinajstić information content (AvgIpc) is 3.52. The van der Waals surface area contributed by atoms with Crippen molar-refractivity contribution in [1.29, 1.82) is 0 Å². The Balaban J connectivity index is 0.000000291. The van der Waals surface area contributed by atoms with Crippen molar-refractivity contribution in [2.75, 3.05) is 0 Å². The number of aromatic nitrogens is 3. The third kappa shape index (κ3) is 7.76. The zero-order chi connectivity index (χ0) is 34.6. The van der Waals surface area contributed by atoms with Crippen LogP contribution in [0.3, 0.4) is 0 Å². The van der Waals surface area contributed by atoms with Gasteiger partial charge in [0.2, 0.25) is 5.71 Å². The standard InChI is InChI=1S/C35H31N2O.C11H8N.Ir/c1-21(2)16-27-20-36-32(19-22(27)3)30-13-9-12-28-29-14-15-31(37-35(29)38-34(28)30)33-23(4)17-26(18-24(33)5)25-10-7-6-8-11-25;1-2-6-10(7-3-1)11-8-4-5-9-12-11;/h6-12,14-15,17-21H,16H2,1-5H3;1-6,8-9H;/q2*-1;. The van der Waals surface area contributed by atoms with Crippen molar-refractivity contribution in [3.63, 3.8) is 0 Å². The Labute approximate surface area is 314 Å². The van der Waals surface area contributed by atoms with E-state index in [9.17, 15) is 0 Å². The molecule has 0 bridgehead atoms. The minimum Gasteiger partial charge on any atom is -0.486 e. The maximum absolute atomic E-state index is 6.43. The number of aryl methyl sites for hydroxylation is 3. The molecule has 51 heavy (non-hydrogen) atoms. The Morgan fingerprint density at radius 3 is 2.10 bits per heavy atom. The second-order valence-corrected chi connectivity index (χ2v) is 13.2. The average molecular weight is 842 g/mol. The Morgan fingerprint density at radius 2 is 1.41 bits per heavy atom. The van der Waals surface area contributed by atoms with Crippen LogP contribution in [-0.4, -0.2) is 15.0 Å². The first kappa shape index (κ1) is 35.6. The van der Waals surface area contributed by atoms with Crippen molar-refractivity contribution < 1.29 is 24.5 Å². The fourth-order valence-corrected chi connectivity index (χ4v) is 6.57. The van der Waals surface area contributed by atoms with Gasteiger partial charge in [-0.3, -0.25) is 0 Å². The summed E-state index contributed by atoms with van der Waals surface area (Å²) in [6.45, 7) is 10.9. The van der Waals surface area contributed by atoms with Gasteiger partial charge >= 0.3 is 0 Å². The predicted octanol–water partition coefficient (Wildman–Crippen LogP) is 11.8. The first-order chi connectivity index (χ1) is 24.4. The predicted molar refractivity (Wildman–Crippen MR) is 206 cm³/mol. The molecule has 0 saturated heterocycles. The second kappa shape index (κ2) is 15.8.